The summed E-state index contributed by atoms with van der Waals surface area (Å²) in [5.41, 5.74) is 0. The van der Waals surface area contributed by atoms with E-state index >= 15 is 0 Å². The number of aromatic nitrogens is 2. The highest BCUT2D eigenvalue weighted by Crippen LogP contribution is 1.96. The molecular weight excluding hydrogens is 357 g/mol. The van der Waals surface area contributed by atoms with E-state index in [9.17, 15) is 0 Å². The van der Waals surface area contributed by atoms with Crippen LogP contribution in [0, 0.1) is 6.92 Å². The van der Waals surface area contributed by atoms with Crippen LogP contribution in [0.4, 0.5) is 0 Å². The molecule has 0 radical (unpaired) electrons. The molecule has 0 saturated carbocycles. The molecule has 1 rings (SSSR count). The zero-order valence-electron chi connectivity index (χ0n) is 11.9. The minimum atomic E-state index is 0. The first-order valence-corrected chi connectivity index (χ1v) is 6.57. The first-order valence-electron chi connectivity index (χ1n) is 6.57. The van der Waals surface area contributed by atoms with Crippen molar-refractivity contribution in [3.8, 4) is 0 Å². The molecule has 19 heavy (non-hydrogen) atoms. The van der Waals surface area contributed by atoms with Crippen LogP contribution in [0.3, 0.4) is 0 Å². The van der Waals surface area contributed by atoms with Crippen LogP contribution >= 0.6 is 24.0 Å². The number of rotatable bonds is 7. The van der Waals surface area contributed by atoms with Crippen molar-refractivity contribution in [2.24, 2.45) is 4.99 Å². The predicted octanol–water partition coefficient (Wildman–Crippen LogP) is 2.24. The van der Waals surface area contributed by atoms with Crippen molar-refractivity contribution in [1.82, 2.24) is 20.8 Å². The van der Waals surface area contributed by atoms with Gasteiger partial charge in [-0.1, -0.05) is 24.9 Å². The molecule has 0 bridgehead atoms. The van der Waals surface area contributed by atoms with Crippen molar-refractivity contribution in [2.75, 3.05) is 13.1 Å². The van der Waals surface area contributed by atoms with Gasteiger partial charge in [0, 0.05) is 20.0 Å². The Kier molecular flexibility index (Phi) is 10.5. The number of unbranched alkanes of at least 4 members (excludes halogenated alkanes) is 2. The first kappa shape index (κ1) is 18.1. The molecule has 1 heterocycles. The topological polar surface area (TPSA) is 75.3 Å². The lowest BCUT2D eigenvalue weighted by molar-refractivity contribution is 0.387. The van der Waals surface area contributed by atoms with E-state index in [4.69, 9.17) is 4.52 Å². The lowest BCUT2D eigenvalue weighted by atomic mass is 10.2. The van der Waals surface area contributed by atoms with E-state index in [-0.39, 0.29) is 24.0 Å². The molecule has 0 aromatic carbocycles. The number of halogens is 1. The Labute approximate surface area is 131 Å². The molecule has 0 aliphatic heterocycles. The average molecular weight is 381 g/mol. The summed E-state index contributed by atoms with van der Waals surface area (Å²) >= 11 is 0. The van der Waals surface area contributed by atoms with E-state index in [1.165, 1.54) is 12.8 Å². The van der Waals surface area contributed by atoms with Crippen LogP contribution < -0.4 is 10.6 Å². The third kappa shape index (κ3) is 8.02. The largest absolute Gasteiger partial charge is 0.357 e. The van der Waals surface area contributed by atoms with Gasteiger partial charge in [-0.05, 0) is 13.3 Å². The quantitative estimate of drug-likeness (QED) is 0.328. The van der Waals surface area contributed by atoms with Crippen LogP contribution in [0.5, 0.6) is 0 Å². The molecule has 2 N–H and O–H groups in total. The molecule has 0 saturated heterocycles. The maximum Gasteiger partial charge on any atom is 0.223 e. The fraction of sp³-hybridized carbons (Fsp3) is 0.750. The molecule has 0 unspecified atom stereocenters. The highest BCUT2D eigenvalue weighted by atomic mass is 127. The SMILES string of the molecule is CCCCCNC(=NCc1noc(C)n1)NCC.I. The van der Waals surface area contributed by atoms with Crippen LogP contribution in [0.15, 0.2) is 9.52 Å². The number of hydrogen-bond acceptors (Lipinski definition) is 4. The molecule has 1 aromatic heterocycles. The third-order valence-corrected chi connectivity index (χ3v) is 2.37. The fourth-order valence-corrected chi connectivity index (χ4v) is 1.48. The molecule has 6 nitrogen and oxygen atoms in total. The minimum Gasteiger partial charge on any atom is -0.357 e. The second kappa shape index (κ2) is 11.0. The van der Waals surface area contributed by atoms with E-state index < -0.39 is 0 Å². The summed E-state index contributed by atoms with van der Waals surface area (Å²) in [6, 6.07) is 0. The molecule has 0 spiro atoms. The molecule has 0 amide bonds. The van der Waals surface area contributed by atoms with Crippen LogP contribution in [0.1, 0.15) is 44.8 Å². The second-order valence-corrected chi connectivity index (χ2v) is 4.06. The van der Waals surface area contributed by atoms with Gasteiger partial charge in [0.05, 0.1) is 0 Å². The number of nitrogens with one attached hydrogen (secondary N) is 2. The highest BCUT2D eigenvalue weighted by molar-refractivity contribution is 14.0. The van der Waals surface area contributed by atoms with Gasteiger partial charge in [0.1, 0.15) is 6.54 Å². The molecule has 7 heteroatoms. The summed E-state index contributed by atoms with van der Waals surface area (Å²) in [6.07, 6.45) is 3.61. The minimum absolute atomic E-state index is 0. The van der Waals surface area contributed by atoms with Crippen LogP contribution in [-0.2, 0) is 6.54 Å². The molecule has 0 fully saturated rings. The summed E-state index contributed by atoms with van der Waals surface area (Å²) in [4.78, 5) is 8.52. The molecule has 0 atom stereocenters. The molecule has 0 aliphatic carbocycles. The smallest absolute Gasteiger partial charge is 0.223 e. The fourth-order valence-electron chi connectivity index (χ4n) is 1.48. The van der Waals surface area contributed by atoms with Gasteiger partial charge in [-0.2, -0.15) is 4.98 Å². The zero-order valence-corrected chi connectivity index (χ0v) is 14.2. The van der Waals surface area contributed by atoms with Crippen molar-refractivity contribution < 1.29 is 4.52 Å². The van der Waals surface area contributed by atoms with E-state index in [1.807, 2.05) is 6.92 Å². The monoisotopic (exact) mass is 381 g/mol. The Morgan fingerprint density at radius 3 is 2.63 bits per heavy atom. The zero-order chi connectivity index (χ0) is 13.2. The number of nitrogens with zero attached hydrogens (tertiary/aromatic N) is 3. The van der Waals surface area contributed by atoms with Gasteiger partial charge in [0.15, 0.2) is 11.8 Å². The second-order valence-electron chi connectivity index (χ2n) is 4.06. The van der Waals surface area contributed by atoms with E-state index in [1.54, 1.807) is 6.92 Å². The maximum absolute atomic E-state index is 4.90. The summed E-state index contributed by atoms with van der Waals surface area (Å²) in [6.45, 7) is 8.21. The maximum atomic E-state index is 4.90. The van der Waals surface area contributed by atoms with Crippen molar-refractivity contribution in [2.45, 2.75) is 46.6 Å². The molecular formula is C12H24IN5O. The van der Waals surface area contributed by atoms with E-state index in [0.29, 0.717) is 18.3 Å². The van der Waals surface area contributed by atoms with E-state index in [2.05, 4.69) is 32.7 Å². The normalized spacial score (nSPS) is 11.0. The lowest BCUT2D eigenvalue weighted by Gasteiger charge is -2.10. The summed E-state index contributed by atoms with van der Waals surface area (Å²) in [5.74, 6) is 1.98. The Hall–Kier alpha value is -0.860. The summed E-state index contributed by atoms with van der Waals surface area (Å²) in [7, 11) is 0. The molecule has 110 valence electrons. The number of guanidine groups is 1. The summed E-state index contributed by atoms with van der Waals surface area (Å²) < 4.78 is 4.90. The lowest BCUT2D eigenvalue weighted by Crippen LogP contribution is -2.37. The van der Waals surface area contributed by atoms with Gasteiger partial charge in [0.2, 0.25) is 5.89 Å². The number of aliphatic imine (C=N–C) groups is 1. The third-order valence-electron chi connectivity index (χ3n) is 2.37. The van der Waals surface area contributed by atoms with E-state index in [0.717, 1.165) is 25.5 Å². The molecule has 0 aliphatic rings. The van der Waals surface area contributed by atoms with Gasteiger partial charge >= 0.3 is 0 Å². The summed E-state index contributed by atoms with van der Waals surface area (Å²) in [5, 5.41) is 10.3. The van der Waals surface area contributed by atoms with Gasteiger partial charge < -0.3 is 15.2 Å². The van der Waals surface area contributed by atoms with Gasteiger partial charge in [-0.3, -0.25) is 0 Å². The van der Waals surface area contributed by atoms with Crippen LogP contribution in [0.25, 0.3) is 0 Å². The van der Waals surface area contributed by atoms with Crippen molar-refractivity contribution in [3.63, 3.8) is 0 Å². The van der Waals surface area contributed by atoms with Gasteiger partial charge in [-0.25, -0.2) is 4.99 Å². The average Bonchev–Trinajstić information content (AvgIpc) is 2.77. The standard InChI is InChI=1S/C12H23N5O.HI/c1-4-6-7-8-14-12(13-5-2)15-9-11-16-10(3)18-17-11;/h4-9H2,1-3H3,(H2,13,14,15);1H. The Balaban J connectivity index is 0.00000324. The number of aryl methyl sites for hydroxylation is 1. The number of hydrogen-bond donors (Lipinski definition) is 2. The van der Waals surface area contributed by atoms with Crippen molar-refractivity contribution >= 4 is 29.9 Å². The predicted molar refractivity (Wildman–Crippen MR) is 86.8 cm³/mol. The van der Waals surface area contributed by atoms with Crippen molar-refractivity contribution in [1.29, 1.82) is 0 Å². The Morgan fingerprint density at radius 2 is 2.05 bits per heavy atom. The Bertz CT molecular complexity index is 367. The molecule has 1 aromatic rings. The van der Waals surface area contributed by atoms with Gasteiger partial charge in [0.25, 0.3) is 0 Å². The van der Waals surface area contributed by atoms with Gasteiger partial charge in [-0.15, -0.1) is 24.0 Å². The Morgan fingerprint density at radius 1 is 1.26 bits per heavy atom. The first-order chi connectivity index (χ1) is 8.76. The highest BCUT2D eigenvalue weighted by Gasteiger charge is 2.02. The van der Waals surface area contributed by atoms with Crippen LogP contribution in [-0.4, -0.2) is 29.2 Å². The van der Waals surface area contributed by atoms with Crippen molar-refractivity contribution in [3.05, 3.63) is 11.7 Å². The van der Waals surface area contributed by atoms with Crippen LogP contribution in [0.2, 0.25) is 0 Å².